The first kappa shape index (κ1) is 12.8. The molecule has 0 spiro atoms. The Balaban J connectivity index is 2.28. The van der Waals surface area contributed by atoms with E-state index in [1.165, 1.54) is 0 Å². The summed E-state index contributed by atoms with van der Waals surface area (Å²) in [6.45, 7) is 3.51. The van der Waals surface area contributed by atoms with Gasteiger partial charge in [-0.25, -0.2) is 4.98 Å². The molecule has 0 aliphatic carbocycles. The smallest absolute Gasteiger partial charge is 0.248 e. The van der Waals surface area contributed by atoms with Crippen LogP contribution in [0.25, 0.3) is 0 Å². The van der Waals surface area contributed by atoms with Crippen molar-refractivity contribution in [3.63, 3.8) is 0 Å². The molecule has 0 saturated carbocycles. The van der Waals surface area contributed by atoms with Gasteiger partial charge in [-0.15, -0.1) is 0 Å². The van der Waals surface area contributed by atoms with Crippen molar-refractivity contribution in [1.82, 2.24) is 9.97 Å². The SMILES string of the molecule is Cc1nc(N)c(C)c(Oc2ccc(C(N)=O)cc2)n1. The van der Waals surface area contributed by atoms with Crippen molar-refractivity contribution in [1.29, 1.82) is 0 Å². The Morgan fingerprint density at radius 2 is 1.79 bits per heavy atom. The fourth-order valence-corrected chi connectivity index (χ4v) is 1.52. The number of rotatable bonds is 3. The van der Waals surface area contributed by atoms with Gasteiger partial charge < -0.3 is 16.2 Å². The summed E-state index contributed by atoms with van der Waals surface area (Å²) in [5.74, 6) is 1.38. The molecule has 98 valence electrons. The maximum Gasteiger partial charge on any atom is 0.248 e. The van der Waals surface area contributed by atoms with E-state index >= 15 is 0 Å². The molecule has 4 N–H and O–H groups in total. The van der Waals surface area contributed by atoms with Crippen LogP contribution in [0.4, 0.5) is 5.82 Å². The molecule has 0 bridgehead atoms. The Bertz CT molecular complexity index is 623. The molecule has 1 aromatic heterocycles. The Morgan fingerprint density at radius 1 is 1.16 bits per heavy atom. The summed E-state index contributed by atoms with van der Waals surface area (Å²) in [5, 5.41) is 0. The Hall–Kier alpha value is -2.63. The lowest BCUT2D eigenvalue weighted by atomic mass is 10.2. The van der Waals surface area contributed by atoms with Crippen LogP contribution in [0.1, 0.15) is 21.7 Å². The van der Waals surface area contributed by atoms with Crippen molar-refractivity contribution in [2.75, 3.05) is 5.73 Å². The van der Waals surface area contributed by atoms with Gasteiger partial charge in [0.05, 0.1) is 5.56 Å². The van der Waals surface area contributed by atoms with E-state index in [9.17, 15) is 4.79 Å². The van der Waals surface area contributed by atoms with Crippen LogP contribution >= 0.6 is 0 Å². The number of nitrogen functional groups attached to an aromatic ring is 1. The summed E-state index contributed by atoms with van der Waals surface area (Å²) in [6, 6.07) is 6.47. The van der Waals surface area contributed by atoms with Crippen molar-refractivity contribution in [3.05, 3.63) is 41.2 Å². The minimum atomic E-state index is -0.482. The lowest BCUT2D eigenvalue weighted by Crippen LogP contribution is -2.10. The quantitative estimate of drug-likeness (QED) is 0.869. The first-order valence-electron chi connectivity index (χ1n) is 5.66. The molecule has 0 saturated heterocycles. The molecular weight excluding hydrogens is 244 g/mol. The van der Waals surface area contributed by atoms with Crippen LogP contribution in [0.15, 0.2) is 24.3 Å². The van der Waals surface area contributed by atoms with Crippen molar-refractivity contribution in [2.45, 2.75) is 13.8 Å². The normalized spacial score (nSPS) is 10.2. The number of nitrogens with zero attached hydrogens (tertiary/aromatic N) is 2. The largest absolute Gasteiger partial charge is 0.439 e. The second-order valence-electron chi connectivity index (χ2n) is 4.08. The number of carbonyl (C=O) groups is 1. The van der Waals surface area contributed by atoms with Crippen LogP contribution < -0.4 is 16.2 Å². The van der Waals surface area contributed by atoms with Crippen molar-refractivity contribution >= 4 is 11.7 Å². The van der Waals surface area contributed by atoms with Gasteiger partial charge in [0.1, 0.15) is 17.4 Å². The van der Waals surface area contributed by atoms with E-state index in [2.05, 4.69) is 9.97 Å². The zero-order valence-electron chi connectivity index (χ0n) is 10.7. The van der Waals surface area contributed by atoms with E-state index < -0.39 is 5.91 Å². The Labute approximate surface area is 110 Å². The van der Waals surface area contributed by atoms with Gasteiger partial charge >= 0.3 is 0 Å². The number of hydrogen-bond donors (Lipinski definition) is 2. The number of hydrogen-bond acceptors (Lipinski definition) is 5. The standard InChI is InChI=1S/C13H14N4O2/c1-7-11(14)16-8(2)17-13(7)19-10-5-3-9(4-6-10)12(15)18/h3-6H,1-2H3,(H2,15,18)(H2,14,16,17). The second-order valence-corrected chi connectivity index (χ2v) is 4.08. The summed E-state index contributed by atoms with van der Waals surface area (Å²) < 4.78 is 5.62. The number of carbonyl (C=O) groups excluding carboxylic acids is 1. The predicted octanol–water partition coefficient (Wildman–Crippen LogP) is 1.57. The van der Waals surface area contributed by atoms with E-state index in [0.717, 1.165) is 0 Å². The van der Waals surface area contributed by atoms with Gasteiger partial charge in [-0.3, -0.25) is 4.79 Å². The van der Waals surface area contributed by atoms with Gasteiger partial charge in [-0.1, -0.05) is 0 Å². The Morgan fingerprint density at radius 3 is 2.37 bits per heavy atom. The molecule has 0 fully saturated rings. The van der Waals surface area contributed by atoms with Crippen LogP contribution in [0.5, 0.6) is 11.6 Å². The van der Waals surface area contributed by atoms with Crippen molar-refractivity contribution < 1.29 is 9.53 Å². The van der Waals surface area contributed by atoms with Gasteiger partial charge in [-0.05, 0) is 38.1 Å². The van der Waals surface area contributed by atoms with Crippen LogP contribution in [0.3, 0.4) is 0 Å². The fourth-order valence-electron chi connectivity index (χ4n) is 1.52. The number of amides is 1. The van der Waals surface area contributed by atoms with E-state index in [1.54, 1.807) is 38.1 Å². The Kier molecular flexibility index (Phi) is 3.33. The van der Waals surface area contributed by atoms with Gasteiger partial charge in [0.15, 0.2) is 0 Å². The highest BCUT2D eigenvalue weighted by atomic mass is 16.5. The molecule has 0 aliphatic heterocycles. The van der Waals surface area contributed by atoms with E-state index in [-0.39, 0.29) is 0 Å². The number of ether oxygens (including phenoxy) is 1. The number of nitrogens with two attached hydrogens (primary N) is 2. The molecule has 0 unspecified atom stereocenters. The van der Waals surface area contributed by atoms with Gasteiger partial charge in [0.25, 0.3) is 0 Å². The molecule has 1 aromatic carbocycles. The second kappa shape index (κ2) is 4.93. The molecule has 2 aromatic rings. The molecule has 0 radical (unpaired) electrons. The number of anilines is 1. The molecular formula is C13H14N4O2. The lowest BCUT2D eigenvalue weighted by molar-refractivity contribution is 0.100. The average Bonchev–Trinajstić information content (AvgIpc) is 2.36. The third-order valence-corrected chi connectivity index (χ3v) is 2.60. The summed E-state index contributed by atoms with van der Waals surface area (Å²) in [7, 11) is 0. The monoisotopic (exact) mass is 258 g/mol. The zero-order valence-corrected chi connectivity index (χ0v) is 10.7. The van der Waals surface area contributed by atoms with Gasteiger partial charge in [0.2, 0.25) is 11.8 Å². The third-order valence-electron chi connectivity index (χ3n) is 2.60. The summed E-state index contributed by atoms with van der Waals surface area (Å²) in [5.41, 5.74) is 12.0. The molecule has 0 atom stereocenters. The van der Waals surface area contributed by atoms with Crippen LogP contribution in [-0.2, 0) is 0 Å². The van der Waals surface area contributed by atoms with Crippen LogP contribution in [0.2, 0.25) is 0 Å². The maximum atomic E-state index is 11.0. The molecule has 6 heteroatoms. The minimum Gasteiger partial charge on any atom is -0.439 e. The highest BCUT2D eigenvalue weighted by Crippen LogP contribution is 2.25. The molecule has 0 aliphatic rings. The molecule has 1 heterocycles. The zero-order chi connectivity index (χ0) is 14.0. The first-order valence-corrected chi connectivity index (χ1v) is 5.66. The first-order chi connectivity index (χ1) is 8.97. The van der Waals surface area contributed by atoms with E-state index in [0.29, 0.717) is 34.4 Å². The maximum absolute atomic E-state index is 11.0. The van der Waals surface area contributed by atoms with E-state index in [4.69, 9.17) is 16.2 Å². The third kappa shape index (κ3) is 2.79. The number of primary amides is 1. The molecule has 6 nitrogen and oxygen atoms in total. The van der Waals surface area contributed by atoms with Gasteiger partial charge in [0, 0.05) is 5.56 Å². The van der Waals surface area contributed by atoms with E-state index in [1.807, 2.05) is 0 Å². The molecule has 19 heavy (non-hydrogen) atoms. The minimum absolute atomic E-state index is 0.385. The number of aryl methyl sites for hydroxylation is 1. The number of aromatic nitrogens is 2. The predicted molar refractivity (Wildman–Crippen MR) is 71.0 cm³/mol. The van der Waals surface area contributed by atoms with Crippen molar-refractivity contribution in [3.8, 4) is 11.6 Å². The van der Waals surface area contributed by atoms with Crippen molar-refractivity contribution in [2.24, 2.45) is 5.73 Å². The highest BCUT2D eigenvalue weighted by Gasteiger charge is 2.09. The highest BCUT2D eigenvalue weighted by molar-refractivity contribution is 5.92. The average molecular weight is 258 g/mol. The molecule has 1 amide bonds. The van der Waals surface area contributed by atoms with Gasteiger partial charge in [-0.2, -0.15) is 4.98 Å². The van der Waals surface area contributed by atoms with Crippen LogP contribution in [-0.4, -0.2) is 15.9 Å². The topological polar surface area (TPSA) is 104 Å². The van der Waals surface area contributed by atoms with Crippen LogP contribution in [0, 0.1) is 13.8 Å². The lowest BCUT2D eigenvalue weighted by Gasteiger charge is -2.09. The summed E-state index contributed by atoms with van der Waals surface area (Å²) in [4.78, 5) is 19.2. The fraction of sp³-hybridized carbons (Fsp3) is 0.154. The number of benzene rings is 1. The molecule has 2 rings (SSSR count). The summed E-state index contributed by atoms with van der Waals surface area (Å²) >= 11 is 0. The summed E-state index contributed by atoms with van der Waals surface area (Å²) in [6.07, 6.45) is 0.